The van der Waals surface area contributed by atoms with E-state index in [1.165, 1.54) is 12.1 Å². The summed E-state index contributed by atoms with van der Waals surface area (Å²) in [6, 6.07) is 5.02. The molecule has 172 valence electrons. The zero-order chi connectivity index (χ0) is 22.4. The van der Waals surface area contributed by atoms with Crippen molar-refractivity contribution in [2.75, 3.05) is 26.3 Å². The Morgan fingerprint density at radius 3 is 2.45 bits per heavy atom. The second kappa shape index (κ2) is 10.5. The van der Waals surface area contributed by atoms with Crippen LogP contribution in [0.15, 0.2) is 36.1 Å². The zero-order valence-corrected chi connectivity index (χ0v) is 17.7. The van der Waals surface area contributed by atoms with E-state index >= 15 is 0 Å². The van der Waals surface area contributed by atoms with Crippen LogP contribution in [-0.4, -0.2) is 48.5 Å². The molecule has 0 radical (unpaired) electrons. The van der Waals surface area contributed by atoms with Crippen LogP contribution in [0.1, 0.15) is 56.1 Å². The van der Waals surface area contributed by atoms with Crippen molar-refractivity contribution in [2.45, 2.75) is 57.4 Å². The monoisotopic (exact) mass is 441 g/mol. The van der Waals surface area contributed by atoms with Gasteiger partial charge in [0.15, 0.2) is 5.76 Å². The second-order valence-electron chi connectivity index (χ2n) is 8.00. The van der Waals surface area contributed by atoms with Crippen molar-refractivity contribution in [3.8, 4) is 0 Å². The number of hydrogen-bond acceptors (Lipinski definition) is 4. The third-order valence-electron chi connectivity index (χ3n) is 5.89. The van der Waals surface area contributed by atoms with Gasteiger partial charge in [-0.2, -0.15) is 13.2 Å². The molecule has 31 heavy (non-hydrogen) atoms. The summed E-state index contributed by atoms with van der Waals surface area (Å²) >= 11 is 0. The highest BCUT2D eigenvalue weighted by molar-refractivity contribution is 5.91. The molecule has 1 aromatic carbocycles. The van der Waals surface area contributed by atoms with E-state index in [1.807, 2.05) is 6.92 Å². The van der Waals surface area contributed by atoms with Crippen LogP contribution in [0, 0.1) is 5.92 Å². The molecule has 0 aliphatic carbocycles. The Morgan fingerprint density at radius 1 is 1.19 bits per heavy atom. The molecule has 0 saturated carbocycles. The van der Waals surface area contributed by atoms with Crippen molar-refractivity contribution in [3.63, 3.8) is 0 Å². The van der Waals surface area contributed by atoms with Gasteiger partial charge in [-0.3, -0.25) is 4.79 Å². The normalized spacial score (nSPS) is 24.5. The molecule has 3 rings (SSSR count). The number of piperidine rings is 1. The molecule has 1 saturated heterocycles. The standard InChI is InChI=1S/C23H30F3NO4/c1-2-30-22-18(7-6-14-28)19(16-8-10-17(11-9-16)23(24,25)26)15-20(31-22)21(29)27-12-4-3-5-13-27/h8-11,15,18-19,22,28H,2-7,12-14H2,1H3/t18-,19+,22+/m0/s1. The highest BCUT2D eigenvalue weighted by Gasteiger charge is 2.39. The molecule has 2 heterocycles. The Kier molecular flexibility index (Phi) is 8.00. The number of carbonyl (C=O) groups is 1. The van der Waals surface area contributed by atoms with E-state index < -0.39 is 18.0 Å². The van der Waals surface area contributed by atoms with Crippen molar-refractivity contribution in [3.05, 3.63) is 47.2 Å². The summed E-state index contributed by atoms with van der Waals surface area (Å²) in [6.45, 7) is 3.50. The van der Waals surface area contributed by atoms with Gasteiger partial charge in [-0.05, 0) is 62.8 Å². The lowest BCUT2D eigenvalue weighted by atomic mass is 9.80. The van der Waals surface area contributed by atoms with Gasteiger partial charge in [0, 0.05) is 38.1 Å². The third-order valence-corrected chi connectivity index (χ3v) is 5.89. The maximum atomic E-state index is 13.1. The number of amides is 1. The van der Waals surface area contributed by atoms with Gasteiger partial charge in [-0.1, -0.05) is 12.1 Å². The number of allylic oxidation sites excluding steroid dienone is 1. The summed E-state index contributed by atoms with van der Waals surface area (Å²) in [4.78, 5) is 14.8. The molecule has 1 N–H and O–H groups in total. The van der Waals surface area contributed by atoms with Crippen molar-refractivity contribution < 1.29 is 32.5 Å². The molecule has 2 aliphatic rings. The van der Waals surface area contributed by atoms with Gasteiger partial charge in [-0.15, -0.1) is 0 Å². The molecular weight excluding hydrogens is 411 g/mol. The van der Waals surface area contributed by atoms with Gasteiger partial charge in [-0.25, -0.2) is 0 Å². The number of benzene rings is 1. The lowest BCUT2D eigenvalue weighted by molar-refractivity contribution is -0.170. The van der Waals surface area contributed by atoms with Crippen LogP contribution in [-0.2, 0) is 20.4 Å². The van der Waals surface area contributed by atoms with E-state index in [1.54, 1.807) is 11.0 Å². The summed E-state index contributed by atoms with van der Waals surface area (Å²) in [5.41, 5.74) is -0.0574. The average molecular weight is 441 g/mol. The van der Waals surface area contributed by atoms with Crippen molar-refractivity contribution in [2.24, 2.45) is 5.92 Å². The molecule has 1 amide bonds. The number of aliphatic hydroxyl groups is 1. The van der Waals surface area contributed by atoms with E-state index in [2.05, 4.69) is 0 Å². The smallest absolute Gasteiger partial charge is 0.416 e. The van der Waals surface area contributed by atoms with Crippen LogP contribution in [0.25, 0.3) is 0 Å². The summed E-state index contributed by atoms with van der Waals surface area (Å²) in [5.74, 6) is -0.614. The molecular formula is C23H30F3NO4. The molecule has 1 aromatic rings. The van der Waals surface area contributed by atoms with Crippen LogP contribution >= 0.6 is 0 Å². The number of halogens is 3. The Hall–Kier alpha value is -2.06. The molecule has 3 atom stereocenters. The number of ether oxygens (including phenoxy) is 2. The molecule has 8 heteroatoms. The Bertz CT molecular complexity index is 757. The zero-order valence-electron chi connectivity index (χ0n) is 17.7. The lowest BCUT2D eigenvalue weighted by Gasteiger charge is -2.38. The highest BCUT2D eigenvalue weighted by atomic mass is 19.4. The van der Waals surface area contributed by atoms with Gasteiger partial charge in [0.1, 0.15) is 0 Å². The Labute approximate surface area is 180 Å². The van der Waals surface area contributed by atoms with E-state index in [9.17, 15) is 23.1 Å². The number of rotatable bonds is 7. The predicted octanol–water partition coefficient (Wildman–Crippen LogP) is 4.47. The first-order valence-electron chi connectivity index (χ1n) is 10.9. The highest BCUT2D eigenvalue weighted by Crippen LogP contribution is 2.40. The molecule has 0 bridgehead atoms. The minimum absolute atomic E-state index is 0.0155. The number of alkyl halides is 3. The van der Waals surface area contributed by atoms with E-state index in [0.717, 1.165) is 31.4 Å². The van der Waals surface area contributed by atoms with Crippen LogP contribution in [0.2, 0.25) is 0 Å². The Morgan fingerprint density at radius 2 is 1.87 bits per heavy atom. The summed E-state index contributed by atoms with van der Waals surface area (Å²) in [7, 11) is 0. The molecule has 5 nitrogen and oxygen atoms in total. The third kappa shape index (κ3) is 5.80. The quantitative estimate of drug-likeness (QED) is 0.679. The fourth-order valence-corrected chi connectivity index (χ4v) is 4.28. The summed E-state index contributed by atoms with van der Waals surface area (Å²) < 4.78 is 50.8. The first-order chi connectivity index (χ1) is 14.8. The summed E-state index contributed by atoms with van der Waals surface area (Å²) in [5, 5.41) is 9.32. The summed E-state index contributed by atoms with van der Waals surface area (Å²) in [6.07, 6.45) is 0.609. The van der Waals surface area contributed by atoms with E-state index in [-0.39, 0.29) is 30.1 Å². The van der Waals surface area contributed by atoms with Gasteiger partial charge in [0.2, 0.25) is 6.29 Å². The van der Waals surface area contributed by atoms with Gasteiger partial charge >= 0.3 is 6.18 Å². The minimum atomic E-state index is -4.41. The van der Waals surface area contributed by atoms with Crippen LogP contribution in [0.4, 0.5) is 13.2 Å². The molecule has 1 fully saturated rings. The van der Waals surface area contributed by atoms with Crippen molar-refractivity contribution in [1.82, 2.24) is 4.90 Å². The first-order valence-corrected chi connectivity index (χ1v) is 10.9. The van der Waals surface area contributed by atoms with Crippen molar-refractivity contribution in [1.29, 1.82) is 0 Å². The number of likely N-dealkylation sites (tertiary alicyclic amines) is 1. The topological polar surface area (TPSA) is 59.0 Å². The average Bonchev–Trinajstić information content (AvgIpc) is 2.77. The maximum absolute atomic E-state index is 13.1. The number of aliphatic hydroxyl groups excluding tert-OH is 1. The van der Waals surface area contributed by atoms with Gasteiger partial charge < -0.3 is 19.5 Å². The van der Waals surface area contributed by atoms with Crippen LogP contribution < -0.4 is 0 Å². The fraction of sp³-hybridized carbons (Fsp3) is 0.609. The van der Waals surface area contributed by atoms with Crippen LogP contribution in [0.5, 0.6) is 0 Å². The van der Waals surface area contributed by atoms with E-state index in [0.29, 0.717) is 38.1 Å². The molecule has 0 unspecified atom stereocenters. The van der Waals surface area contributed by atoms with Gasteiger partial charge in [0.05, 0.1) is 5.56 Å². The van der Waals surface area contributed by atoms with Gasteiger partial charge in [0.25, 0.3) is 5.91 Å². The van der Waals surface area contributed by atoms with E-state index in [4.69, 9.17) is 9.47 Å². The molecule has 0 aromatic heterocycles. The maximum Gasteiger partial charge on any atom is 0.416 e. The Balaban J connectivity index is 1.95. The minimum Gasteiger partial charge on any atom is -0.459 e. The largest absolute Gasteiger partial charge is 0.459 e. The van der Waals surface area contributed by atoms with Crippen LogP contribution in [0.3, 0.4) is 0 Å². The lowest BCUT2D eigenvalue weighted by Crippen LogP contribution is -2.42. The van der Waals surface area contributed by atoms with Crippen molar-refractivity contribution >= 4 is 5.91 Å². The molecule has 2 aliphatic heterocycles. The molecule has 0 spiro atoms. The first kappa shape index (κ1) is 23.6. The fourth-order valence-electron chi connectivity index (χ4n) is 4.28. The number of nitrogens with zero attached hydrogens (tertiary/aromatic N) is 1. The second-order valence-corrected chi connectivity index (χ2v) is 8.00. The number of carbonyl (C=O) groups excluding carboxylic acids is 1. The predicted molar refractivity (Wildman–Crippen MR) is 109 cm³/mol. The SMILES string of the molecule is CCO[C@@H]1OC(C(=O)N2CCCCC2)=C[C@H](c2ccc(C(F)(F)F)cc2)[C@@H]1CCCO. The number of hydrogen-bond donors (Lipinski definition) is 1.